The predicted molar refractivity (Wildman–Crippen MR) is 79.8 cm³/mol. The molecule has 0 aliphatic heterocycles. The molecule has 1 aliphatic carbocycles. The van der Waals surface area contributed by atoms with Crippen molar-refractivity contribution in [3.63, 3.8) is 0 Å². The van der Waals surface area contributed by atoms with Gasteiger partial charge in [-0.05, 0) is 47.9 Å². The molecule has 0 fully saturated rings. The van der Waals surface area contributed by atoms with Gasteiger partial charge in [0, 0.05) is 23.0 Å². The standard InChI is InChI=1S/C16H19NOS/c1-10-5-6-14(18)16-13(8-11(2)15(10)16)17-9-12-4-3-7-19-12/h3-7,11,13,17-18H,8-9H2,1-2H3. The van der Waals surface area contributed by atoms with Gasteiger partial charge in [-0.15, -0.1) is 11.3 Å². The number of nitrogens with one attached hydrogen (secondary N) is 1. The summed E-state index contributed by atoms with van der Waals surface area (Å²) in [6, 6.07) is 8.34. The molecule has 1 aromatic heterocycles. The van der Waals surface area contributed by atoms with Crippen molar-refractivity contribution in [2.75, 3.05) is 0 Å². The summed E-state index contributed by atoms with van der Waals surface area (Å²) in [5.41, 5.74) is 3.74. The molecule has 2 N–H and O–H groups in total. The Labute approximate surface area is 118 Å². The van der Waals surface area contributed by atoms with Crippen molar-refractivity contribution in [3.05, 3.63) is 51.2 Å². The van der Waals surface area contributed by atoms with Crippen LogP contribution in [0.1, 0.15) is 46.9 Å². The summed E-state index contributed by atoms with van der Waals surface area (Å²) in [5.74, 6) is 0.955. The SMILES string of the molecule is Cc1ccc(O)c2c1C(C)CC2NCc1cccs1. The molecule has 19 heavy (non-hydrogen) atoms. The largest absolute Gasteiger partial charge is 0.508 e. The van der Waals surface area contributed by atoms with Crippen LogP contribution in [0.3, 0.4) is 0 Å². The number of phenolic OH excluding ortho intramolecular Hbond substituents is 1. The van der Waals surface area contributed by atoms with E-state index in [1.54, 1.807) is 11.3 Å². The van der Waals surface area contributed by atoms with Crippen LogP contribution < -0.4 is 5.32 Å². The number of rotatable bonds is 3. The van der Waals surface area contributed by atoms with E-state index < -0.39 is 0 Å². The van der Waals surface area contributed by atoms with Crippen LogP contribution in [0.4, 0.5) is 0 Å². The Morgan fingerprint density at radius 1 is 1.32 bits per heavy atom. The Balaban J connectivity index is 1.85. The lowest BCUT2D eigenvalue weighted by Crippen LogP contribution is -2.18. The molecule has 0 saturated heterocycles. The van der Waals surface area contributed by atoms with Crippen LogP contribution in [0.25, 0.3) is 0 Å². The number of hydrogen-bond acceptors (Lipinski definition) is 3. The first-order valence-corrected chi connectivity index (χ1v) is 7.63. The highest BCUT2D eigenvalue weighted by molar-refractivity contribution is 7.09. The van der Waals surface area contributed by atoms with E-state index in [9.17, 15) is 5.11 Å². The van der Waals surface area contributed by atoms with Crippen molar-refractivity contribution < 1.29 is 5.11 Å². The summed E-state index contributed by atoms with van der Waals surface area (Å²) in [6.07, 6.45) is 1.07. The zero-order valence-corrected chi connectivity index (χ0v) is 12.1. The van der Waals surface area contributed by atoms with E-state index in [-0.39, 0.29) is 6.04 Å². The Morgan fingerprint density at radius 2 is 2.16 bits per heavy atom. The molecule has 0 spiro atoms. The normalized spacial score (nSPS) is 21.6. The molecular formula is C16H19NOS. The monoisotopic (exact) mass is 273 g/mol. The Bertz CT molecular complexity index is 577. The molecule has 2 aromatic rings. The Kier molecular flexibility index (Phi) is 3.33. The molecule has 1 aromatic carbocycles. The summed E-state index contributed by atoms with van der Waals surface area (Å²) < 4.78 is 0. The molecule has 0 radical (unpaired) electrons. The van der Waals surface area contributed by atoms with E-state index >= 15 is 0 Å². The first-order chi connectivity index (χ1) is 9.16. The molecule has 2 nitrogen and oxygen atoms in total. The van der Waals surface area contributed by atoms with E-state index in [1.807, 2.05) is 12.1 Å². The minimum atomic E-state index is 0.270. The van der Waals surface area contributed by atoms with Crippen LogP contribution in [-0.2, 0) is 6.54 Å². The van der Waals surface area contributed by atoms with Crippen molar-refractivity contribution >= 4 is 11.3 Å². The smallest absolute Gasteiger partial charge is 0.120 e. The fourth-order valence-electron chi connectivity index (χ4n) is 3.17. The number of phenols is 1. The average molecular weight is 273 g/mol. The second-order valence-electron chi connectivity index (χ2n) is 5.38. The Hall–Kier alpha value is -1.32. The molecule has 2 atom stereocenters. The number of fused-ring (bicyclic) bond motifs is 1. The van der Waals surface area contributed by atoms with Gasteiger partial charge >= 0.3 is 0 Å². The van der Waals surface area contributed by atoms with Crippen molar-refractivity contribution in [1.29, 1.82) is 0 Å². The van der Waals surface area contributed by atoms with Gasteiger partial charge in [-0.2, -0.15) is 0 Å². The first-order valence-electron chi connectivity index (χ1n) is 6.75. The lowest BCUT2D eigenvalue weighted by molar-refractivity contribution is 0.445. The molecule has 2 unspecified atom stereocenters. The zero-order valence-electron chi connectivity index (χ0n) is 11.3. The second kappa shape index (κ2) is 4.99. The van der Waals surface area contributed by atoms with E-state index in [2.05, 4.69) is 36.7 Å². The number of aromatic hydroxyl groups is 1. The van der Waals surface area contributed by atoms with Crippen LogP contribution in [0, 0.1) is 6.92 Å². The van der Waals surface area contributed by atoms with Gasteiger partial charge in [-0.1, -0.05) is 19.1 Å². The summed E-state index contributed by atoms with van der Waals surface area (Å²) in [6.45, 7) is 5.26. The van der Waals surface area contributed by atoms with Crippen molar-refractivity contribution in [2.45, 2.75) is 38.8 Å². The van der Waals surface area contributed by atoms with Gasteiger partial charge in [0.15, 0.2) is 0 Å². The number of aryl methyl sites for hydroxylation is 1. The molecule has 3 heteroatoms. The summed E-state index contributed by atoms with van der Waals surface area (Å²) in [7, 11) is 0. The lowest BCUT2D eigenvalue weighted by Gasteiger charge is -2.15. The predicted octanol–water partition coefficient (Wildman–Crippen LogP) is 4.10. The van der Waals surface area contributed by atoms with Gasteiger partial charge in [-0.25, -0.2) is 0 Å². The third kappa shape index (κ3) is 2.28. The molecule has 1 aliphatic rings. The maximum atomic E-state index is 10.2. The number of thiophene rings is 1. The highest BCUT2D eigenvalue weighted by Gasteiger charge is 2.31. The summed E-state index contributed by atoms with van der Waals surface area (Å²) in [4.78, 5) is 1.34. The average Bonchev–Trinajstić information content (AvgIpc) is 2.99. The zero-order chi connectivity index (χ0) is 13.4. The molecule has 3 rings (SSSR count). The highest BCUT2D eigenvalue weighted by Crippen LogP contribution is 2.45. The van der Waals surface area contributed by atoms with Crippen molar-refractivity contribution in [2.24, 2.45) is 0 Å². The molecule has 1 heterocycles. The summed E-state index contributed by atoms with van der Waals surface area (Å²) in [5, 5.41) is 15.9. The molecule has 0 bridgehead atoms. The molecule has 100 valence electrons. The van der Waals surface area contributed by atoms with Gasteiger partial charge in [0.1, 0.15) is 5.75 Å². The maximum Gasteiger partial charge on any atom is 0.120 e. The van der Waals surface area contributed by atoms with Gasteiger partial charge in [0.2, 0.25) is 0 Å². The second-order valence-corrected chi connectivity index (χ2v) is 6.41. The van der Waals surface area contributed by atoms with E-state index in [4.69, 9.17) is 0 Å². The van der Waals surface area contributed by atoms with E-state index in [1.165, 1.54) is 16.0 Å². The van der Waals surface area contributed by atoms with Gasteiger partial charge < -0.3 is 10.4 Å². The number of benzene rings is 1. The van der Waals surface area contributed by atoms with E-state index in [0.29, 0.717) is 11.7 Å². The van der Waals surface area contributed by atoms with Crippen LogP contribution in [0.15, 0.2) is 29.6 Å². The van der Waals surface area contributed by atoms with Crippen LogP contribution >= 0.6 is 11.3 Å². The summed E-state index contributed by atoms with van der Waals surface area (Å²) >= 11 is 1.77. The maximum absolute atomic E-state index is 10.2. The van der Waals surface area contributed by atoms with Crippen molar-refractivity contribution in [1.82, 2.24) is 5.32 Å². The quantitative estimate of drug-likeness (QED) is 0.882. The molecule has 0 amide bonds. The van der Waals surface area contributed by atoms with Gasteiger partial charge in [0.05, 0.1) is 0 Å². The van der Waals surface area contributed by atoms with Crippen LogP contribution in [0.5, 0.6) is 5.75 Å². The van der Waals surface area contributed by atoms with Crippen LogP contribution in [0.2, 0.25) is 0 Å². The van der Waals surface area contributed by atoms with E-state index in [0.717, 1.165) is 18.5 Å². The molecular weight excluding hydrogens is 254 g/mol. The topological polar surface area (TPSA) is 32.3 Å². The van der Waals surface area contributed by atoms with Crippen molar-refractivity contribution in [3.8, 4) is 5.75 Å². The third-order valence-corrected chi connectivity index (χ3v) is 4.89. The first kappa shape index (κ1) is 12.7. The fraction of sp³-hybridized carbons (Fsp3) is 0.375. The number of hydrogen-bond donors (Lipinski definition) is 2. The fourth-order valence-corrected chi connectivity index (χ4v) is 3.82. The lowest BCUT2D eigenvalue weighted by atomic mass is 9.97. The minimum absolute atomic E-state index is 0.270. The van der Waals surface area contributed by atoms with Gasteiger partial charge in [0.25, 0.3) is 0 Å². The molecule has 0 saturated carbocycles. The highest BCUT2D eigenvalue weighted by atomic mass is 32.1. The van der Waals surface area contributed by atoms with Gasteiger partial charge in [-0.3, -0.25) is 0 Å². The minimum Gasteiger partial charge on any atom is -0.508 e. The van der Waals surface area contributed by atoms with Crippen LogP contribution in [-0.4, -0.2) is 5.11 Å². The third-order valence-electron chi connectivity index (χ3n) is 4.02. The Morgan fingerprint density at radius 3 is 2.89 bits per heavy atom.